The van der Waals surface area contributed by atoms with Gasteiger partial charge in [-0.25, -0.2) is 14.4 Å². The second kappa shape index (κ2) is 7.76. The number of rotatable bonds is 4. The molecule has 0 aromatic carbocycles. The molecule has 0 aromatic rings. The highest BCUT2D eigenvalue weighted by atomic mass is 16.8. The Kier molecular flexibility index (Phi) is 6.36. The Morgan fingerprint density at radius 3 is 1.87 bits per heavy atom. The maximum Gasteiger partial charge on any atom is 0.346 e. The van der Waals surface area contributed by atoms with E-state index in [-0.39, 0.29) is 0 Å². The zero-order valence-electron chi connectivity index (χ0n) is 19.1. The first-order chi connectivity index (χ1) is 13.5. The third kappa shape index (κ3) is 4.48. The van der Waals surface area contributed by atoms with Crippen LogP contribution in [0.25, 0.3) is 0 Å². The Hall–Kier alpha value is -1.71. The normalized spacial score (nSPS) is 28.1. The van der Waals surface area contributed by atoms with Gasteiger partial charge in [-0.15, -0.1) is 0 Å². The fourth-order valence-electron chi connectivity index (χ4n) is 3.78. The number of methoxy groups -OCH3 is 1. The summed E-state index contributed by atoms with van der Waals surface area (Å²) < 4.78 is 27.8. The molecule has 9 heteroatoms. The molecule has 1 aliphatic carbocycles. The maximum atomic E-state index is 13.5. The summed E-state index contributed by atoms with van der Waals surface area (Å²) in [6, 6.07) is 0. The van der Waals surface area contributed by atoms with E-state index in [2.05, 4.69) is 0 Å². The molecule has 3 atom stereocenters. The van der Waals surface area contributed by atoms with Gasteiger partial charge < -0.3 is 28.8 Å². The van der Waals surface area contributed by atoms with Gasteiger partial charge in [0.2, 0.25) is 17.3 Å². The predicted molar refractivity (Wildman–Crippen MR) is 104 cm³/mol. The average Bonchev–Trinajstić information content (AvgIpc) is 3.17. The molecule has 1 N–H and O–H groups in total. The fourth-order valence-corrected chi connectivity index (χ4v) is 3.78. The summed E-state index contributed by atoms with van der Waals surface area (Å²) in [5.74, 6) is -4.54. The van der Waals surface area contributed by atoms with Crippen molar-refractivity contribution in [3.8, 4) is 0 Å². The van der Waals surface area contributed by atoms with Crippen molar-refractivity contribution in [1.82, 2.24) is 0 Å². The Bertz CT molecular complexity index is 692. The number of carbonyl (C=O) groups excluding carboxylic acids is 3. The van der Waals surface area contributed by atoms with E-state index in [1.165, 1.54) is 0 Å². The lowest BCUT2D eigenvalue weighted by atomic mass is 9.79. The third-order valence-electron chi connectivity index (χ3n) is 5.04. The lowest BCUT2D eigenvalue weighted by molar-refractivity contribution is -0.242. The first-order valence-corrected chi connectivity index (χ1v) is 10.1. The minimum atomic E-state index is -2.60. The number of ether oxygens (including phenoxy) is 5. The smallest absolute Gasteiger partial charge is 0.346 e. The molecular weight excluding hydrogens is 396 g/mol. The lowest BCUT2D eigenvalue weighted by Crippen LogP contribution is -2.70. The summed E-state index contributed by atoms with van der Waals surface area (Å²) >= 11 is 0. The summed E-state index contributed by atoms with van der Waals surface area (Å²) in [4.78, 5) is 39.2. The molecular formula is C21H34O9. The topological polar surface area (TPSA) is 118 Å². The number of hydrogen-bond acceptors (Lipinski definition) is 9. The highest BCUT2D eigenvalue weighted by Gasteiger charge is 2.76. The van der Waals surface area contributed by atoms with E-state index in [0.29, 0.717) is 12.8 Å². The van der Waals surface area contributed by atoms with Gasteiger partial charge in [0.05, 0.1) is 7.11 Å². The minimum Gasteiger partial charge on any atom is -0.467 e. The quantitative estimate of drug-likeness (QED) is 0.528. The largest absolute Gasteiger partial charge is 0.467 e. The van der Waals surface area contributed by atoms with Crippen molar-refractivity contribution in [2.45, 2.75) is 108 Å². The van der Waals surface area contributed by atoms with E-state index in [1.807, 2.05) is 0 Å². The molecule has 172 valence electrons. The Balaban J connectivity index is 2.68. The summed E-state index contributed by atoms with van der Waals surface area (Å²) in [5, 5.41) is 11.3. The van der Waals surface area contributed by atoms with Crippen LogP contribution in [-0.2, 0) is 38.1 Å². The number of aliphatic hydroxyl groups is 1. The van der Waals surface area contributed by atoms with Crippen LogP contribution in [0.5, 0.6) is 0 Å². The van der Waals surface area contributed by atoms with Crippen LogP contribution in [-0.4, -0.2) is 64.4 Å². The van der Waals surface area contributed by atoms with Crippen molar-refractivity contribution in [3.05, 3.63) is 0 Å². The van der Waals surface area contributed by atoms with Crippen molar-refractivity contribution >= 4 is 17.9 Å². The van der Waals surface area contributed by atoms with Crippen molar-refractivity contribution in [3.63, 3.8) is 0 Å². The molecule has 1 saturated carbocycles. The van der Waals surface area contributed by atoms with Crippen LogP contribution in [0.4, 0.5) is 0 Å². The van der Waals surface area contributed by atoms with Gasteiger partial charge >= 0.3 is 17.9 Å². The second-order valence-corrected chi connectivity index (χ2v) is 10.1. The van der Waals surface area contributed by atoms with Crippen LogP contribution in [0.2, 0.25) is 0 Å². The zero-order chi connectivity index (χ0) is 23.2. The summed E-state index contributed by atoms with van der Waals surface area (Å²) in [6.45, 7) is 10.9. The molecule has 0 aromatic heterocycles. The molecule has 30 heavy (non-hydrogen) atoms. The van der Waals surface area contributed by atoms with Crippen LogP contribution in [0, 0.1) is 0 Å². The van der Waals surface area contributed by atoms with E-state index in [4.69, 9.17) is 23.7 Å². The van der Waals surface area contributed by atoms with E-state index < -0.39 is 52.2 Å². The molecule has 0 amide bonds. The predicted octanol–water partition coefficient (Wildman–Crippen LogP) is 2.02. The van der Waals surface area contributed by atoms with Crippen molar-refractivity contribution in [2.24, 2.45) is 0 Å². The van der Waals surface area contributed by atoms with Gasteiger partial charge in [0, 0.05) is 12.8 Å². The highest BCUT2D eigenvalue weighted by molar-refractivity contribution is 5.98. The van der Waals surface area contributed by atoms with E-state index in [9.17, 15) is 19.5 Å². The van der Waals surface area contributed by atoms with Gasteiger partial charge in [0.25, 0.3) is 0 Å². The summed E-state index contributed by atoms with van der Waals surface area (Å²) in [7, 11) is 1.06. The van der Waals surface area contributed by atoms with Crippen molar-refractivity contribution in [2.75, 3.05) is 7.11 Å². The SMILES string of the molecule is COC(=O)[C@@](C)(O)[C@@]1(C(=O)OC(C)(C)C)OC2(CCCC2)O[C@@H]1C(=O)OC(C)(C)C. The van der Waals surface area contributed by atoms with Gasteiger partial charge in [-0.2, -0.15) is 0 Å². The standard InChI is InChI=1S/C21H34O9/c1-17(2,3)28-14(22)13-21(16(24)29-18(4,5)6,19(7,25)15(23)26-8)30-20(27-13)11-9-10-12-20/h13,25H,9-12H2,1-8H3/t13-,19-,21-/m1/s1. The van der Waals surface area contributed by atoms with Crippen LogP contribution in [0.15, 0.2) is 0 Å². The van der Waals surface area contributed by atoms with Gasteiger partial charge in [-0.05, 0) is 61.3 Å². The lowest BCUT2D eigenvalue weighted by Gasteiger charge is -2.41. The number of esters is 3. The molecule has 0 bridgehead atoms. The molecule has 0 unspecified atom stereocenters. The number of carbonyl (C=O) groups is 3. The molecule has 1 saturated heterocycles. The van der Waals surface area contributed by atoms with Gasteiger partial charge in [-0.3, -0.25) is 0 Å². The van der Waals surface area contributed by atoms with Crippen molar-refractivity contribution < 1.29 is 43.2 Å². The van der Waals surface area contributed by atoms with Crippen LogP contribution >= 0.6 is 0 Å². The van der Waals surface area contributed by atoms with E-state index >= 15 is 0 Å². The van der Waals surface area contributed by atoms with Crippen LogP contribution in [0.3, 0.4) is 0 Å². The van der Waals surface area contributed by atoms with Crippen molar-refractivity contribution in [1.29, 1.82) is 0 Å². The summed E-state index contributed by atoms with van der Waals surface area (Å²) in [6.07, 6.45) is 0.485. The van der Waals surface area contributed by atoms with Gasteiger partial charge in [0.1, 0.15) is 11.2 Å². The monoisotopic (exact) mass is 430 g/mol. The molecule has 1 aliphatic heterocycles. The van der Waals surface area contributed by atoms with E-state index in [0.717, 1.165) is 26.9 Å². The van der Waals surface area contributed by atoms with Crippen LogP contribution in [0.1, 0.15) is 74.1 Å². The van der Waals surface area contributed by atoms with Gasteiger partial charge in [-0.1, -0.05) is 0 Å². The molecule has 2 aliphatic rings. The first kappa shape index (κ1) is 24.6. The molecule has 2 rings (SSSR count). The minimum absolute atomic E-state index is 0.383. The highest BCUT2D eigenvalue weighted by Crippen LogP contribution is 2.51. The Morgan fingerprint density at radius 1 is 0.933 bits per heavy atom. The second-order valence-electron chi connectivity index (χ2n) is 10.1. The van der Waals surface area contributed by atoms with E-state index in [1.54, 1.807) is 41.5 Å². The zero-order valence-corrected chi connectivity index (χ0v) is 19.1. The molecule has 1 heterocycles. The first-order valence-electron chi connectivity index (χ1n) is 10.1. The molecule has 2 fully saturated rings. The van der Waals surface area contributed by atoms with Gasteiger partial charge in [0.15, 0.2) is 5.79 Å². The third-order valence-corrected chi connectivity index (χ3v) is 5.04. The molecule has 1 spiro atoms. The number of hydrogen-bond donors (Lipinski definition) is 1. The summed E-state index contributed by atoms with van der Waals surface area (Å²) in [5.41, 5.74) is -7.02. The molecule has 9 nitrogen and oxygen atoms in total. The molecule has 0 radical (unpaired) electrons. The Morgan fingerprint density at radius 2 is 1.43 bits per heavy atom. The Labute approximate surface area is 177 Å². The fraction of sp³-hybridized carbons (Fsp3) is 0.857. The maximum absolute atomic E-state index is 13.5. The van der Waals surface area contributed by atoms with Crippen LogP contribution < -0.4 is 0 Å². The average molecular weight is 430 g/mol.